The number of nitrogens with zero attached hydrogens (tertiary/aromatic N) is 7. The van der Waals surface area contributed by atoms with Crippen LogP contribution in [0.1, 0.15) is 40.3 Å². The van der Waals surface area contributed by atoms with Crippen LogP contribution < -0.4 is 25.4 Å². The Labute approximate surface area is 254 Å². The van der Waals surface area contributed by atoms with E-state index in [-0.39, 0.29) is 22.1 Å². The zero-order valence-corrected chi connectivity index (χ0v) is 26.0. The number of aryl methyl sites for hydroxylation is 2. The molecule has 1 aromatic carbocycles. The Kier molecular flexibility index (Phi) is 8.25. The number of rotatable bonds is 7. The lowest BCUT2D eigenvalue weighted by Crippen LogP contribution is -2.48. The third kappa shape index (κ3) is 6.54. The van der Waals surface area contributed by atoms with Gasteiger partial charge in [0.2, 0.25) is 16.0 Å². The van der Waals surface area contributed by atoms with Crippen LogP contribution in [0.4, 0.5) is 17.5 Å². The monoisotopic (exact) mass is 625 g/mol. The first-order valence-electron chi connectivity index (χ1n) is 13.6. The first-order valence-corrected chi connectivity index (χ1v) is 15.8. The lowest BCUT2D eigenvalue weighted by molar-refractivity contribution is 0.0977. The van der Waals surface area contributed by atoms with Gasteiger partial charge in [-0.15, -0.1) is 0 Å². The smallest absolute Gasteiger partial charge is 0.285 e. The van der Waals surface area contributed by atoms with Gasteiger partial charge in [-0.05, 0) is 44.5 Å². The molecular weight excluding hydrogens is 594 g/mol. The fraction of sp³-hybridized carbons (Fsp3) is 0.357. The number of amides is 1. The van der Waals surface area contributed by atoms with Crippen LogP contribution in [-0.4, -0.2) is 71.3 Å². The number of anilines is 3. The van der Waals surface area contributed by atoms with Gasteiger partial charge >= 0.3 is 0 Å². The van der Waals surface area contributed by atoms with Gasteiger partial charge in [0, 0.05) is 38.8 Å². The number of halogens is 1. The second-order valence-corrected chi connectivity index (χ2v) is 12.8. The summed E-state index contributed by atoms with van der Waals surface area (Å²) in [5, 5.41) is 3.74. The Bertz CT molecular complexity index is 1870. The highest BCUT2D eigenvalue weighted by Crippen LogP contribution is 2.29. The van der Waals surface area contributed by atoms with Crippen molar-refractivity contribution < 1.29 is 13.2 Å². The Balaban J connectivity index is 1.48. The number of carbonyl (C=O) groups is 1. The van der Waals surface area contributed by atoms with Gasteiger partial charge in [-0.3, -0.25) is 19.1 Å². The van der Waals surface area contributed by atoms with Gasteiger partial charge in [-0.25, -0.2) is 28.1 Å². The lowest BCUT2D eigenvalue weighted by Gasteiger charge is -2.36. The average molecular weight is 626 g/mol. The molecule has 2 N–H and O–H groups in total. The average Bonchev–Trinajstić information content (AvgIpc) is 2.95. The number of pyridine rings is 1. The number of carbonyl (C=O) groups excluding carboxylic acids is 1. The maximum Gasteiger partial charge on any atom is 0.285 e. The minimum absolute atomic E-state index is 0.0298. The van der Waals surface area contributed by atoms with E-state index in [1.165, 1.54) is 6.07 Å². The summed E-state index contributed by atoms with van der Waals surface area (Å²) in [5.41, 5.74) is 2.89. The first kappa shape index (κ1) is 30.2. The number of fused-ring (bicyclic) bond motifs is 1. The van der Waals surface area contributed by atoms with Gasteiger partial charge < -0.3 is 15.1 Å². The van der Waals surface area contributed by atoms with Crippen LogP contribution in [0, 0.1) is 13.8 Å². The van der Waals surface area contributed by atoms with E-state index in [1.54, 1.807) is 30.1 Å². The number of nitrogens with one attached hydrogen (secondary N) is 2. The quantitative estimate of drug-likeness (QED) is 0.291. The van der Waals surface area contributed by atoms with Gasteiger partial charge in [0.15, 0.2) is 5.69 Å². The first-order chi connectivity index (χ1) is 20.3. The van der Waals surface area contributed by atoms with E-state index < -0.39 is 22.0 Å². The van der Waals surface area contributed by atoms with Crippen LogP contribution in [-0.2, 0) is 17.1 Å². The van der Waals surface area contributed by atoms with E-state index in [9.17, 15) is 18.0 Å². The van der Waals surface area contributed by atoms with E-state index >= 15 is 0 Å². The Hall–Kier alpha value is -4.30. The molecule has 0 saturated carbocycles. The fourth-order valence-electron chi connectivity index (χ4n) is 5.09. The van der Waals surface area contributed by atoms with Crippen LogP contribution in [0.2, 0.25) is 5.15 Å². The minimum atomic E-state index is -3.83. The molecule has 13 nitrogen and oxygen atoms in total. The number of sulfonamides is 1. The van der Waals surface area contributed by atoms with E-state index in [4.69, 9.17) is 16.6 Å². The second-order valence-electron chi connectivity index (χ2n) is 10.6. The van der Waals surface area contributed by atoms with Crippen LogP contribution in [0.5, 0.6) is 0 Å². The lowest BCUT2D eigenvalue weighted by atomic mass is 10.0. The van der Waals surface area contributed by atoms with E-state index in [0.29, 0.717) is 43.0 Å². The Morgan fingerprint density at radius 2 is 1.72 bits per heavy atom. The largest absolute Gasteiger partial charge is 0.377 e. The molecule has 1 aliphatic rings. The summed E-state index contributed by atoms with van der Waals surface area (Å²) >= 11 is 6.03. The number of piperazine rings is 1. The van der Waals surface area contributed by atoms with Gasteiger partial charge in [0.05, 0.1) is 47.0 Å². The van der Waals surface area contributed by atoms with Crippen molar-refractivity contribution in [1.82, 2.24) is 29.2 Å². The van der Waals surface area contributed by atoms with Gasteiger partial charge in [0.1, 0.15) is 11.0 Å². The van der Waals surface area contributed by atoms with Crippen LogP contribution >= 0.6 is 11.6 Å². The summed E-state index contributed by atoms with van der Waals surface area (Å²) in [6.07, 6.45) is 4.39. The van der Waals surface area contributed by atoms with Gasteiger partial charge in [-0.1, -0.05) is 17.7 Å². The summed E-state index contributed by atoms with van der Waals surface area (Å²) in [7, 11) is -2.11. The second kappa shape index (κ2) is 11.8. The van der Waals surface area contributed by atoms with Crippen LogP contribution in [0.3, 0.4) is 0 Å². The summed E-state index contributed by atoms with van der Waals surface area (Å²) in [4.78, 5) is 48.5. The Morgan fingerprint density at radius 1 is 1.02 bits per heavy atom. The van der Waals surface area contributed by atoms with Crippen LogP contribution in [0.15, 0.2) is 41.5 Å². The van der Waals surface area contributed by atoms with Crippen molar-refractivity contribution in [3.8, 4) is 0 Å². The highest BCUT2D eigenvalue weighted by molar-refractivity contribution is 7.89. The molecular formula is C28H32ClN9O4S. The topological polar surface area (TPSA) is 155 Å². The third-order valence-electron chi connectivity index (χ3n) is 7.18. The molecule has 1 atom stereocenters. The van der Waals surface area contributed by atoms with Crippen molar-refractivity contribution in [1.29, 1.82) is 0 Å². The maximum atomic E-state index is 13.6. The molecule has 3 aromatic heterocycles. The highest BCUT2D eigenvalue weighted by Gasteiger charge is 2.25. The minimum Gasteiger partial charge on any atom is -0.377 e. The SMILES string of the molecule is Cc1cc([C@@H](C)Nc2ccc(Cl)nc2C(=O)NS(C)(=O)=O)c2nc(N3CCN(c4cnc(C)cn4)CC3)n(C)c(=O)c2c1. The molecule has 4 aromatic rings. The molecule has 0 radical (unpaired) electrons. The van der Waals surface area contributed by atoms with Gasteiger partial charge in [0.25, 0.3) is 11.5 Å². The molecule has 43 heavy (non-hydrogen) atoms. The van der Waals surface area contributed by atoms with Crippen molar-refractivity contribution in [3.63, 3.8) is 0 Å². The zero-order valence-electron chi connectivity index (χ0n) is 24.4. The van der Waals surface area contributed by atoms with Crippen LogP contribution in [0.25, 0.3) is 10.9 Å². The van der Waals surface area contributed by atoms with E-state index in [0.717, 1.165) is 28.9 Å². The number of aromatic nitrogens is 5. The number of benzene rings is 1. The number of hydrogen-bond donors (Lipinski definition) is 2. The Morgan fingerprint density at radius 3 is 2.37 bits per heavy atom. The molecule has 1 amide bonds. The molecule has 226 valence electrons. The molecule has 15 heteroatoms. The molecule has 1 saturated heterocycles. The number of hydrogen-bond acceptors (Lipinski definition) is 11. The fourth-order valence-corrected chi connectivity index (χ4v) is 5.67. The molecule has 0 spiro atoms. The summed E-state index contributed by atoms with van der Waals surface area (Å²) in [5.74, 6) is 0.439. The summed E-state index contributed by atoms with van der Waals surface area (Å²) in [6, 6.07) is 6.34. The van der Waals surface area contributed by atoms with Crippen molar-refractivity contribution in [3.05, 3.63) is 74.7 Å². The molecule has 4 heterocycles. The molecule has 0 bridgehead atoms. The van der Waals surface area contributed by atoms with Crippen molar-refractivity contribution in [2.24, 2.45) is 7.05 Å². The van der Waals surface area contributed by atoms with Crippen molar-refractivity contribution in [2.75, 3.05) is 47.6 Å². The molecule has 5 rings (SSSR count). The van der Waals surface area contributed by atoms with E-state index in [2.05, 4.69) is 30.1 Å². The normalized spacial score (nSPS) is 14.6. The molecule has 0 aliphatic carbocycles. The molecule has 1 fully saturated rings. The summed E-state index contributed by atoms with van der Waals surface area (Å²) < 4.78 is 26.9. The highest BCUT2D eigenvalue weighted by atomic mass is 35.5. The van der Waals surface area contributed by atoms with E-state index in [1.807, 2.05) is 37.6 Å². The summed E-state index contributed by atoms with van der Waals surface area (Å²) in [6.45, 7) is 8.29. The zero-order chi connectivity index (χ0) is 31.1. The molecule has 1 aliphatic heterocycles. The predicted octanol–water partition coefficient (Wildman–Crippen LogP) is 2.58. The maximum absolute atomic E-state index is 13.6. The van der Waals surface area contributed by atoms with Crippen molar-refractivity contribution >= 4 is 55.9 Å². The van der Waals surface area contributed by atoms with Gasteiger partial charge in [-0.2, -0.15) is 0 Å². The van der Waals surface area contributed by atoms with Crippen molar-refractivity contribution in [2.45, 2.75) is 26.8 Å². The third-order valence-corrected chi connectivity index (χ3v) is 7.94. The molecule has 0 unspecified atom stereocenters. The predicted molar refractivity (Wildman–Crippen MR) is 167 cm³/mol. The standard InChI is InChI=1S/C28H32ClN9O4S/c1-16-12-19(18(3)32-21-6-7-22(29)33-25(21)26(39)35-43(5,41)42)24-20(13-16)27(40)36(4)28(34-24)38-10-8-37(9-11-38)23-15-30-17(2)14-31-23/h6-7,12-15,18,32H,8-11H2,1-5H3,(H,35,39)/t18-/m1/s1.